The average molecular weight is 175 g/mol. The summed E-state index contributed by atoms with van der Waals surface area (Å²) in [6.07, 6.45) is 0. The summed E-state index contributed by atoms with van der Waals surface area (Å²) in [5.41, 5.74) is 0. The number of amides is 1. The van der Waals surface area contributed by atoms with Crippen molar-refractivity contribution in [3.05, 3.63) is 0 Å². The minimum absolute atomic E-state index is 0.238. The molecule has 72 valence electrons. The van der Waals surface area contributed by atoms with Crippen LogP contribution in [0.4, 0.5) is 0 Å². The third-order valence-corrected chi connectivity index (χ3v) is 0.975. The van der Waals surface area contributed by atoms with E-state index in [-0.39, 0.29) is 5.91 Å². The van der Waals surface area contributed by atoms with Crippen LogP contribution < -0.4 is 5.32 Å². The molecule has 0 fully saturated rings. The van der Waals surface area contributed by atoms with Gasteiger partial charge in [-0.15, -0.1) is 0 Å². The summed E-state index contributed by atoms with van der Waals surface area (Å²) in [6, 6.07) is -0.553. The molecule has 0 aliphatic carbocycles. The van der Waals surface area contributed by atoms with Crippen molar-refractivity contribution in [2.24, 2.45) is 0 Å². The number of esters is 1. The Morgan fingerprint density at radius 1 is 1.33 bits per heavy atom. The Morgan fingerprint density at radius 2 is 1.75 bits per heavy atom. The van der Waals surface area contributed by atoms with Gasteiger partial charge >= 0.3 is 5.97 Å². The van der Waals surface area contributed by atoms with E-state index >= 15 is 0 Å². The molecule has 0 saturated heterocycles. The second kappa shape index (κ2) is 8.04. The van der Waals surface area contributed by atoms with Gasteiger partial charge in [0.2, 0.25) is 5.91 Å². The third-order valence-electron chi connectivity index (χ3n) is 0.975. The fourth-order valence-electron chi connectivity index (χ4n) is 0.541. The van der Waals surface area contributed by atoms with Crippen LogP contribution in [0.1, 0.15) is 27.7 Å². The van der Waals surface area contributed by atoms with Gasteiger partial charge in [0, 0.05) is 6.92 Å². The molecule has 0 radical (unpaired) electrons. The van der Waals surface area contributed by atoms with Gasteiger partial charge in [-0.1, -0.05) is 13.8 Å². The lowest BCUT2D eigenvalue weighted by Crippen LogP contribution is -2.37. The molecule has 0 rings (SSSR count). The van der Waals surface area contributed by atoms with Crippen molar-refractivity contribution in [3.63, 3.8) is 0 Å². The van der Waals surface area contributed by atoms with E-state index < -0.39 is 12.0 Å². The van der Waals surface area contributed by atoms with Gasteiger partial charge in [-0.3, -0.25) is 4.79 Å². The predicted octanol–water partition coefficient (Wildman–Crippen LogP) is 0.710. The van der Waals surface area contributed by atoms with Crippen LogP contribution in [0.3, 0.4) is 0 Å². The number of carbonyl (C=O) groups is 2. The van der Waals surface area contributed by atoms with E-state index in [1.165, 1.54) is 14.0 Å². The van der Waals surface area contributed by atoms with E-state index in [1.54, 1.807) is 6.92 Å². The standard InChI is InChI=1S/C6H11NO3.C2H6/c1-4(6(9)10-3)7-5(2)8;1-2/h4H,1-3H3,(H,7,8);1-2H3/t4-;/m0./s1. The van der Waals surface area contributed by atoms with Gasteiger partial charge in [0.15, 0.2) is 0 Å². The molecule has 0 heterocycles. The fourth-order valence-corrected chi connectivity index (χ4v) is 0.541. The SMILES string of the molecule is CC.COC(=O)[C@H](C)NC(C)=O. The number of nitrogens with one attached hydrogen (secondary N) is 1. The summed E-state index contributed by atoms with van der Waals surface area (Å²) >= 11 is 0. The first-order valence-electron chi connectivity index (χ1n) is 3.93. The van der Waals surface area contributed by atoms with Gasteiger partial charge < -0.3 is 10.1 Å². The zero-order chi connectivity index (χ0) is 10.1. The second-order valence-electron chi connectivity index (χ2n) is 1.95. The Morgan fingerprint density at radius 3 is 2.00 bits per heavy atom. The highest BCUT2D eigenvalue weighted by molar-refractivity contribution is 5.82. The molecule has 0 unspecified atom stereocenters. The Bertz CT molecular complexity index is 145. The zero-order valence-corrected chi connectivity index (χ0v) is 8.30. The molecule has 0 aromatic heterocycles. The normalized spacial score (nSPS) is 10.4. The molecule has 1 N–H and O–H groups in total. The number of rotatable bonds is 2. The van der Waals surface area contributed by atoms with Crippen LogP contribution in [-0.4, -0.2) is 25.0 Å². The number of carbonyl (C=O) groups excluding carboxylic acids is 2. The van der Waals surface area contributed by atoms with E-state index in [0.29, 0.717) is 0 Å². The number of methoxy groups -OCH3 is 1. The molecular formula is C8H17NO3. The van der Waals surface area contributed by atoms with Crippen molar-refractivity contribution >= 4 is 11.9 Å². The van der Waals surface area contributed by atoms with Gasteiger partial charge in [0.25, 0.3) is 0 Å². The number of hydrogen-bond donors (Lipinski definition) is 1. The largest absolute Gasteiger partial charge is 0.467 e. The summed E-state index contributed by atoms with van der Waals surface area (Å²) in [5.74, 6) is -0.673. The van der Waals surface area contributed by atoms with Crippen LogP contribution in [-0.2, 0) is 14.3 Å². The maximum Gasteiger partial charge on any atom is 0.328 e. The Kier molecular flexibility index (Phi) is 9.06. The van der Waals surface area contributed by atoms with E-state index in [9.17, 15) is 9.59 Å². The molecule has 0 aromatic carbocycles. The molecule has 0 bridgehead atoms. The summed E-state index contributed by atoms with van der Waals surface area (Å²) in [4.78, 5) is 21.0. The maximum absolute atomic E-state index is 10.6. The lowest BCUT2D eigenvalue weighted by molar-refractivity contribution is -0.144. The molecular weight excluding hydrogens is 158 g/mol. The maximum atomic E-state index is 10.6. The first-order chi connectivity index (χ1) is 5.57. The highest BCUT2D eigenvalue weighted by atomic mass is 16.5. The predicted molar refractivity (Wildman–Crippen MR) is 46.6 cm³/mol. The molecule has 1 atom stereocenters. The minimum atomic E-state index is -0.553. The molecule has 4 heteroatoms. The lowest BCUT2D eigenvalue weighted by atomic mass is 10.3. The van der Waals surface area contributed by atoms with Crippen molar-refractivity contribution < 1.29 is 14.3 Å². The van der Waals surface area contributed by atoms with Crippen molar-refractivity contribution in [1.82, 2.24) is 5.32 Å². The second-order valence-corrected chi connectivity index (χ2v) is 1.95. The first-order valence-corrected chi connectivity index (χ1v) is 3.93. The van der Waals surface area contributed by atoms with Crippen LogP contribution in [0.25, 0.3) is 0 Å². The minimum Gasteiger partial charge on any atom is -0.467 e. The summed E-state index contributed by atoms with van der Waals surface area (Å²) in [6.45, 7) is 6.91. The van der Waals surface area contributed by atoms with Crippen molar-refractivity contribution in [2.45, 2.75) is 33.7 Å². The molecule has 4 nitrogen and oxygen atoms in total. The van der Waals surface area contributed by atoms with Crippen LogP contribution in [0.15, 0.2) is 0 Å². The highest BCUT2D eigenvalue weighted by Crippen LogP contribution is 1.84. The molecule has 0 aromatic rings. The molecule has 0 aliphatic rings. The smallest absolute Gasteiger partial charge is 0.328 e. The lowest BCUT2D eigenvalue weighted by Gasteiger charge is -2.08. The van der Waals surface area contributed by atoms with Crippen LogP contribution in [0, 0.1) is 0 Å². The Balaban J connectivity index is 0. The van der Waals surface area contributed by atoms with Crippen LogP contribution in [0.2, 0.25) is 0 Å². The quantitative estimate of drug-likeness (QED) is 0.629. The summed E-state index contributed by atoms with van der Waals surface area (Å²) < 4.78 is 4.36. The molecule has 0 spiro atoms. The first kappa shape index (κ1) is 13.5. The Labute approximate surface area is 73.3 Å². The zero-order valence-electron chi connectivity index (χ0n) is 8.30. The topological polar surface area (TPSA) is 55.4 Å². The van der Waals surface area contributed by atoms with Crippen molar-refractivity contribution in [3.8, 4) is 0 Å². The highest BCUT2D eigenvalue weighted by Gasteiger charge is 2.12. The van der Waals surface area contributed by atoms with E-state index in [2.05, 4.69) is 10.1 Å². The van der Waals surface area contributed by atoms with Gasteiger partial charge in [-0.2, -0.15) is 0 Å². The molecule has 1 amide bonds. The Hall–Kier alpha value is -1.06. The monoisotopic (exact) mass is 175 g/mol. The van der Waals surface area contributed by atoms with Gasteiger partial charge in [-0.05, 0) is 6.92 Å². The van der Waals surface area contributed by atoms with E-state index in [1.807, 2.05) is 13.8 Å². The van der Waals surface area contributed by atoms with E-state index in [0.717, 1.165) is 0 Å². The summed E-state index contributed by atoms with van der Waals surface area (Å²) in [7, 11) is 1.28. The van der Waals surface area contributed by atoms with Gasteiger partial charge in [-0.25, -0.2) is 4.79 Å². The van der Waals surface area contributed by atoms with Gasteiger partial charge in [0.1, 0.15) is 6.04 Å². The average Bonchev–Trinajstić information content (AvgIpc) is 2.05. The number of ether oxygens (including phenoxy) is 1. The van der Waals surface area contributed by atoms with Crippen molar-refractivity contribution in [2.75, 3.05) is 7.11 Å². The van der Waals surface area contributed by atoms with E-state index in [4.69, 9.17) is 0 Å². The third kappa shape index (κ3) is 7.05. The molecule has 0 saturated carbocycles. The van der Waals surface area contributed by atoms with Gasteiger partial charge in [0.05, 0.1) is 7.11 Å². The summed E-state index contributed by atoms with van der Waals surface area (Å²) in [5, 5.41) is 2.38. The van der Waals surface area contributed by atoms with Crippen molar-refractivity contribution in [1.29, 1.82) is 0 Å². The van der Waals surface area contributed by atoms with Crippen LogP contribution >= 0.6 is 0 Å². The van der Waals surface area contributed by atoms with Crippen LogP contribution in [0.5, 0.6) is 0 Å². The molecule has 12 heavy (non-hydrogen) atoms. The number of hydrogen-bond acceptors (Lipinski definition) is 3. The molecule has 0 aliphatic heterocycles. The fraction of sp³-hybridized carbons (Fsp3) is 0.750.